The quantitative estimate of drug-likeness (QED) is 0.260. The van der Waals surface area contributed by atoms with Gasteiger partial charge in [-0.15, -0.1) is 0 Å². The highest BCUT2D eigenvalue weighted by atomic mass is 31.2. The van der Waals surface area contributed by atoms with E-state index in [1.54, 1.807) is 48.7 Å². The number of nitrogens with two attached hydrogens (primary N) is 1. The van der Waals surface area contributed by atoms with E-state index >= 15 is 0 Å². The second kappa shape index (κ2) is 9.47. The summed E-state index contributed by atoms with van der Waals surface area (Å²) in [7, 11) is -4.89. The molecule has 1 atom stereocenters. The molecule has 0 saturated carbocycles. The zero-order chi connectivity index (χ0) is 23.4. The predicted octanol–water partition coefficient (Wildman–Crippen LogP) is 2.51. The van der Waals surface area contributed by atoms with Gasteiger partial charge in [0.15, 0.2) is 12.5 Å². The molecule has 0 aliphatic carbocycles. The number of benzene rings is 1. The molecule has 170 valence electrons. The number of rotatable bonds is 8. The van der Waals surface area contributed by atoms with Crippen LogP contribution in [0.5, 0.6) is 0 Å². The fraction of sp³-hybridized carbons (Fsp3) is 0.0952. The lowest BCUT2D eigenvalue weighted by molar-refractivity contribution is -0.712. The Kier molecular flexibility index (Phi) is 6.47. The molecule has 4 aromatic rings. The molecule has 0 spiro atoms. The van der Waals surface area contributed by atoms with Crippen LogP contribution in [0.15, 0.2) is 71.5 Å². The van der Waals surface area contributed by atoms with Crippen LogP contribution in [0.25, 0.3) is 11.3 Å². The number of halogens is 1. The Bertz CT molecular complexity index is 1310. The Morgan fingerprint density at radius 2 is 2.06 bits per heavy atom. The molecule has 1 unspecified atom stereocenters. The zero-order valence-corrected chi connectivity index (χ0v) is 18.0. The van der Waals surface area contributed by atoms with Crippen molar-refractivity contribution in [1.29, 1.82) is 0 Å². The number of para-hydroxylation sites is 1. The molecule has 4 N–H and O–H groups in total. The molecular weight excluding hydrogens is 452 g/mol. The molecular formula is C21H19FN5O5P. The van der Waals surface area contributed by atoms with Crippen LogP contribution < -0.4 is 20.5 Å². The molecule has 12 heteroatoms. The third kappa shape index (κ3) is 5.79. The Morgan fingerprint density at radius 1 is 1.24 bits per heavy atom. The molecule has 0 saturated heterocycles. The van der Waals surface area contributed by atoms with Crippen molar-refractivity contribution in [2.45, 2.75) is 13.2 Å². The minimum absolute atomic E-state index is 0.166. The number of anilines is 3. The number of nitrogen functional groups attached to an aromatic ring is 1. The van der Waals surface area contributed by atoms with Crippen LogP contribution in [0.3, 0.4) is 0 Å². The Hall–Kier alpha value is -3.63. The van der Waals surface area contributed by atoms with E-state index in [4.69, 9.17) is 15.2 Å². The van der Waals surface area contributed by atoms with E-state index in [9.17, 15) is 13.8 Å². The molecule has 0 fully saturated rings. The number of aromatic nitrogens is 3. The smallest absolute Gasteiger partial charge is 0.285 e. The van der Waals surface area contributed by atoms with Gasteiger partial charge in [0.25, 0.3) is 13.6 Å². The summed E-state index contributed by atoms with van der Waals surface area (Å²) in [5, 5.41) is 6.97. The van der Waals surface area contributed by atoms with Crippen molar-refractivity contribution in [3.63, 3.8) is 0 Å². The summed E-state index contributed by atoms with van der Waals surface area (Å²) in [4.78, 5) is 23.9. The molecule has 3 aromatic heterocycles. The third-order valence-corrected chi connectivity index (χ3v) is 5.09. The van der Waals surface area contributed by atoms with Gasteiger partial charge in [-0.05, 0) is 35.9 Å². The lowest BCUT2D eigenvalue weighted by Crippen LogP contribution is -2.38. The van der Waals surface area contributed by atoms with Gasteiger partial charge in [0.1, 0.15) is 17.2 Å². The summed E-state index contributed by atoms with van der Waals surface area (Å²) in [5.41, 5.74) is 8.35. The predicted molar refractivity (Wildman–Crippen MR) is 114 cm³/mol. The Balaban J connectivity index is 1.45. The highest BCUT2D eigenvalue weighted by Crippen LogP contribution is 2.30. The van der Waals surface area contributed by atoms with Gasteiger partial charge in [-0.3, -0.25) is 14.8 Å². The molecule has 0 aliphatic heterocycles. The van der Waals surface area contributed by atoms with Crippen LogP contribution in [-0.4, -0.2) is 15.0 Å². The first-order valence-electron chi connectivity index (χ1n) is 9.67. The van der Waals surface area contributed by atoms with E-state index in [1.807, 2.05) is 6.07 Å². The SMILES string of the molecule is Nc1c(-c2cc(Cc3ccc(Nc4ccccc4F)nc3)no2)ccc[n+]1COP(=O)([O-])O. The van der Waals surface area contributed by atoms with Crippen molar-refractivity contribution in [2.24, 2.45) is 0 Å². The van der Waals surface area contributed by atoms with Crippen LogP contribution in [0, 0.1) is 5.82 Å². The van der Waals surface area contributed by atoms with Crippen molar-refractivity contribution >= 4 is 25.1 Å². The fourth-order valence-electron chi connectivity index (χ4n) is 3.05. The van der Waals surface area contributed by atoms with Gasteiger partial charge in [0.2, 0.25) is 0 Å². The number of phosphoric ester groups is 1. The number of nitrogens with zero attached hydrogens (tertiary/aromatic N) is 3. The minimum Gasteiger partial charge on any atom is -0.756 e. The molecule has 0 amide bonds. The van der Waals surface area contributed by atoms with Crippen LogP contribution in [0.4, 0.5) is 21.7 Å². The maximum absolute atomic E-state index is 13.8. The van der Waals surface area contributed by atoms with Gasteiger partial charge in [-0.25, -0.2) is 13.9 Å². The lowest BCUT2D eigenvalue weighted by atomic mass is 10.1. The average molecular weight is 471 g/mol. The number of hydrogen-bond donors (Lipinski definition) is 3. The fourth-order valence-corrected chi connectivity index (χ4v) is 3.32. The number of pyridine rings is 2. The van der Waals surface area contributed by atoms with E-state index in [-0.39, 0.29) is 11.6 Å². The molecule has 0 aliphatic rings. The van der Waals surface area contributed by atoms with Crippen molar-refractivity contribution in [3.05, 3.63) is 84.1 Å². The second-order valence-electron chi connectivity index (χ2n) is 7.02. The molecule has 4 rings (SSSR count). The van der Waals surface area contributed by atoms with Crippen LogP contribution >= 0.6 is 7.82 Å². The van der Waals surface area contributed by atoms with Gasteiger partial charge in [0, 0.05) is 18.7 Å². The summed E-state index contributed by atoms with van der Waals surface area (Å²) in [6, 6.07) is 14.9. The van der Waals surface area contributed by atoms with Gasteiger partial charge < -0.3 is 19.6 Å². The van der Waals surface area contributed by atoms with Crippen LogP contribution in [0.1, 0.15) is 11.3 Å². The first kappa shape index (κ1) is 22.6. The molecule has 10 nitrogen and oxygen atoms in total. The zero-order valence-electron chi connectivity index (χ0n) is 17.1. The minimum atomic E-state index is -4.89. The van der Waals surface area contributed by atoms with Crippen LogP contribution in [0.2, 0.25) is 0 Å². The van der Waals surface area contributed by atoms with E-state index in [0.29, 0.717) is 34.9 Å². The van der Waals surface area contributed by atoms with Crippen molar-refractivity contribution in [3.8, 4) is 11.3 Å². The van der Waals surface area contributed by atoms with E-state index in [1.165, 1.54) is 16.8 Å². The Morgan fingerprint density at radius 3 is 2.79 bits per heavy atom. The van der Waals surface area contributed by atoms with Gasteiger partial charge >= 0.3 is 0 Å². The summed E-state index contributed by atoms with van der Waals surface area (Å²) < 4.78 is 35.7. The highest BCUT2D eigenvalue weighted by molar-refractivity contribution is 7.44. The summed E-state index contributed by atoms with van der Waals surface area (Å²) in [6.07, 6.45) is 3.57. The monoisotopic (exact) mass is 471 g/mol. The standard InChI is InChI=1S/C21H19FN5O5P/c22-17-5-1-2-6-18(17)25-20-8-7-14(12-24-20)10-15-11-19(32-26-15)16-4-3-9-27(21(16)23)13-31-33(28,29)30/h1-9,11-12,23H,10,13H2,(H3,24,25,28,29,30). The summed E-state index contributed by atoms with van der Waals surface area (Å²) in [5.74, 6) is 0.667. The van der Waals surface area contributed by atoms with E-state index in [2.05, 4.69) is 20.0 Å². The normalized spacial score (nSPS) is 12.9. The molecule has 0 bridgehead atoms. The summed E-state index contributed by atoms with van der Waals surface area (Å²) in [6.45, 7) is -0.489. The summed E-state index contributed by atoms with van der Waals surface area (Å²) >= 11 is 0. The second-order valence-corrected chi connectivity index (χ2v) is 8.21. The van der Waals surface area contributed by atoms with Crippen molar-refractivity contribution < 1.29 is 32.4 Å². The number of hydrogen-bond acceptors (Lipinski definition) is 8. The molecule has 1 aromatic carbocycles. The first-order valence-corrected chi connectivity index (χ1v) is 11.2. The van der Waals surface area contributed by atoms with Gasteiger partial charge in [-0.1, -0.05) is 23.4 Å². The Labute approximate surface area is 187 Å². The molecule has 33 heavy (non-hydrogen) atoms. The maximum Gasteiger partial charge on any atom is 0.285 e. The lowest BCUT2D eigenvalue weighted by Gasteiger charge is -2.14. The third-order valence-electron chi connectivity index (χ3n) is 4.65. The van der Waals surface area contributed by atoms with Crippen molar-refractivity contribution in [1.82, 2.24) is 10.1 Å². The van der Waals surface area contributed by atoms with Crippen LogP contribution in [-0.2, 0) is 22.2 Å². The van der Waals surface area contributed by atoms with Gasteiger partial charge in [-0.2, -0.15) is 0 Å². The number of phosphoric acid groups is 1. The molecule has 0 radical (unpaired) electrons. The molecule has 3 heterocycles. The van der Waals surface area contributed by atoms with E-state index in [0.717, 1.165) is 5.56 Å². The highest BCUT2D eigenvalue weighted by Gasteiger charge is 2.18. The van der Waals surface area contributed by atoms with Gasteiger partial charge in [0.05, 0.1) is 17.6 Å². The first-order chi connectivity index (χ1) is 15.8. The number of nitrogens with one attached hydrogen (secondary N) is 1. The largest absolute Gasteiger partial charge is 0.756 e. The van der Waals surface area contributed by atoms with E-state index < -0.39 is 14.6 Å². The van der Waals surface area contributed by atoms with Crippen molar-refractivity contribution in [2.75, 3.05) is 11.1 Å². The average Bonchev–Trinajstić information content (AvgIpc) is 3.23. The topological polar surface area (TPSA) is 150 Å². The maximum atomic E-state index is 13.8.